The summed E-state index contributed by atoms with van der Waals surface area (Å²) in [6.45, 7) is 3.65. The molecule has 0 heterocycles. The number of phenolic OH excluding ortho intramolecular Hbond substituents is 2. The van der Waals surface area contributed by atoms with Crippen LogP contribution in [0, 0.1) is 0 Å². The van der Waals surface area contributed by atoms with Gasteiger partial charge in [0.1, 0.15) is 11.5 Å². The maximum Gasteiger partial charge on any atom is 0.143 e. The van der Waals surface area contributed by atoms with E-state index < -0.39 is 0 Å². The molecule has 0 amide bonds. The zero-order valence-electron chi connectivity index (χ0n) is 16.6. The maximum absolute atomic E-state index is 10.3. The summed E-state index contributed by atoms with van der Waals surface area (Å²) in [6, 6.07) is 6.16. The Morgan fingerprint density at radius 3 is 1.47 bits per heavy atom. The first-order chi connectivity index (χ1) is 14.2. The molecule has 1 aliphatic rings. The Morgan fingerprint density at radius 1 is 0.733 bits per heavy atom. The molecule has 0 unspecified atom stereocenters. The van der Waals surface area contributed by atoms with Crippen LogP contribution in [0.2, 0.25) is 20.1 Å². The van der Waals surface area contributed by atoms with Crippen LogP contribution in [0.5, 0.6) is 11.5 Å². The number of aromatic hydroxyl groups is 2. The van der Waals surface area contributed by atoms with Crippen molar-refractivity contribution in [1.82, 2.24) is 0 Å². The first-order valence-corrected chi connectivity index (χ1v) is 11.1. The SMILES string of the molecule is CC(=N[C@H]1CCCC[C@@H]1N=C(C)c1cc(Cl)cc(Cl)c1O)c1cc(Cl)cc(Cl)c1O. The normalized spacial score (nSPS) is 20.5. The molecule has 4 nitrogen and oxygen atoms in total. The highest BCUT2D eigenvalue weighted by atomic mass is 35.5. The van der Waals surface area contributed by atoms with E-state index in [2.05, 4.69) is 0 Å². The van der Waals surface area contributed by atoms with Gasteiger partial charge in [0.2, 0.25) is 0 Å². The first-order valence-electron chi connectivity index (χ1n) is 9.63. The molecule has 0 bridgehead atoms. The van der Waals surface area contributed by atoms with Crippen LogP contribution in [0.3, 0.4) is 0 Å². The number of aliphatic imine (C=N–C) groups is 2. The minimum absolute atomic E-state index is 0.0344. The van der Waals surface area contributed by atoms with Crippen molar-refractivity contribution < 1.29 is 10.2 Å². The Labute approximate surface area is 196 Å². The summed E-state index contributed by atoms with van der Waals surface area (Å²) in [5.41, 5.74) is 2.32. The second kappa shape index (κ2) is 9.78. The van der Waals surface area contributed by atoms with Gasteiger partial charge in [-0.3, -0.25) is 9.98 Å². The third kappa shape index (κ3) is 5.23. The summed E-state index contributed by atoms with van der Waals surface area (Å²) >= 11 is 24.3. The third-order valence-corrected chi connectivity index (χ3v) is 6.26. The van der Waals surface area contributed by atoms with Gasteiger partial charge in [0, 0.05) is 32.6 Å². The number of nitrogens with zero attached hydrogens (tertiary/aromatic N) is 2. The van der Waals surface area contributed by atoms with Crippen molar-refractivity contribution in [2.75, 3.05) is 0 Å². The van der Waals surface area contributed by atoms with E-state index in [1.54, 1.807) is 12.1 Å². The predicted octanol–water partition coefficient (Wildman–Crippen LogP) is 7.34. The fraction of sp³-hybridized carbons (Fsp3) is 0.364. The fourth-order valence-corrected chi connectivity index (χ4v) is 4.70. The van der Waals surface area contributed by atoms with Gasteiger partial charge in [0.05, 0.1) is 22.1 Å². The van der Waals surface area contributed by atoms with Crippen LogP contribution < -0.4 is 0 Å². The molecule has 8 heteroatoms. The molecule has 1 aliphatic carbocycles. The van der Waals surface area contributed by atoms with E-state index in [1.165, 1.54) is 12.1 Å². The number of rotatable bonds is 4. The monoisotopic (exact) mass is 486 g/mol. The molecule has 30 heavy (non-hydrogen) atoms. The summed E-state index contributed by atoms with van der Waals surface area (Å²) in [5.74, 6) is -0.0688. The molecule has 3 rings (SSSR count). The fourth-order valence-electron chi connectivity index (χ4n) is 3.71. The number of halogens is 4. The lowest BCUT2D eigenvalue weighted by atomic mass is 9.90. The summed E-state index contributed by atoms with van der Waals surface area (Å²) in [6.07, 6.45) is 3.83. The van der Waals surface area contributed by atoms with Crippen molar-refractivity contribution in [3.8, 4) is 11.5 Å². The van der Waals surface area contributed by atoms with Crippen molar-refractivity contribution in [3.63, 3.8) is 0 Å². The van der Waals surface area contributed by atoms with E-state index in [-0.39, 0.29) is 33.6 Å². The Morgan fingerprint density at radius 2 is 1.10 bits per heavy atom. The van der Waals surface area contributed by atoms with Crippen LogP contribution in [0.1, 0.15) is 50.7 Å². The Balaban J connectivity index is 1.94. The molecule has 1 fully saturated rings. The van der Waals surface area contributed by atoms with Crippen molar-refractivity contribution in [2.45, 2.75) is 51.6 Å². The second-order valence-corrected chi connectivity index (χ2v) is 9.10. The second-order valence-electron chi connectivity index (χ2n) is 7.42. The van der Waals surface area contributed by atoms with E-state index in [1.807, 2.05) is 13.8 Å². The van der Waals surface area contributed by atoms with E-state index in [4.69, 9.17) is 56.4 Å². The van der Waals surface area contributed by atoms with Crippen LogP contribution in [0.4, 0.5) is 0 Å². The molecule has 1 saturated carbocycles. The number of benzene rings is 2. The zero-order chi connectivity index (χ0) is 22.0. The van der Waals surface area contributed by atoms with Gasteiger partial charge in [0.15, 0.2) is 0 Å². The van der Waals surface area contributed by atoms with Gasteiger partial charge in [-0.2, -0.15) is 0 Å². The molecule has 0 spiro atoms. The Kier molecular flexibility index (Phi) is 7.56. The zero-order valence-corrected chi connectivity index (χ0v) is 19.6. The van der Waals surface area contributed by atoms with Crippen LogP contribution in [-0.4, -0.2) is 33.7 Å². The first kappa shape index (κ1) is 23.2. The molecular formula is C22H22Cl4N2O2. The molecule has 2 N–H and O–H groups in total. The van der Waals surface area contributed by atoms with Crippen molar-refractivity contribution in [3.05, 3.63) is 55.5 Å². The van der Waals surface area contributed by atoms with Gasteiger partial charge in [0.25, 0.3) is 0 Å². The van der Waals surface area contributed by atoms with Gasteiger partial charge in [-0.25, -0.2) is 0 Å². The van der Waals surface area contributed by atoms with Crippen molar-refractivity contribution >= 4 is 57.8 Å². The highest BCUT2D eigenvalue weighted by molar-refractivity contribution is 6.37. The lowest BCUT2D eigenvalue weighted by Crippen LogP contribution is -2.29. The van der Waals surface area contributed by atoms with Gasteiger partial charge in [-0.05, 0) is 51.0 Å². The van der Waals surface area contributed by atoms with E-state index >= 15 is 0 Å². The van der Waals surface area contributed by atoms with Crippen LogP contribution >= 0.6 is 46.4 Å². The number of hydrogen-bond donors (Lipinski definition) is 2. The minimum Gasteiger partial charge on any atom is -0.506 e. The predicted molar refractivity (Wildman–Crippen MR) is 127 cm³/mol. The highest BCUT2D eigenvalue weighted by Gasteiger charge is 2.26. The summed E-state index contributed by atoms with van der Waals surface area (Å²) in [5, 5.41) is 21.9. The Hall–Kier alpha value is -1.46. The van der Waals surface area contributed by atoms with Gasteiger partial charge in [-0.1, -0.05) is 59.2 Å². The average molecular weight is 488 g/mol. The molecule has 2 aromatic rings. The Bertz CT molecular complexity index is 939. The molecule has 0 aliphatic heterocycles. The average Bonchev–Trinajstić information content (AvgIpc) is 2.68. The third-order valence-electron chi connectivity index (χ3n) is 5.25. The van der Waals surface area contributed by atoms with Gasteiger partial charge < -0.3 is 10.2 Å². The molecule has 0 aromatic heterocycles. The summed E-state index contributed by atoms with van der Waals surface area (Å²) in [4.78, 5) is 9.71. The molecule has 0 radical (unpaired) electrons. The summed E-state index contributed by atoms with van der Waals surface area (Å²) in [7, 11) is 0. The smallest absolute Gasteiger partial charge is 0.143 e. The van der Waals surface area contributed by atoms with E-state index in [9.17, 15) is 10.2 Å². The lowest BCUT2D eigenvalue weighted by Gasteiger charge is -2.27. The molecule has 2 atom stereocenters. The van der Waals surface area contributed by atoms with E-state index in [0.29, 0.717) is 32.6 Å². The van der Waals surface area contributed by atoms with Crippen molar-refractivity contribution in [2.24, 2.45) is 9.98 Å². The standard InChI is InChI=1S/C22H22Cl4N2O2/c1-11(15-7-13(23)9-17(25)21(15)29)27-19-5-3-4-6-20(19)28-12(2)16-8-14(24)10-18(26)22(16)30/h7-10,19-20,29-30H,3-6H2,1-2H3/t19-,20-/m0/s1. The largest absolute Gasteiger partial charge is 0.506 e. The van der Waals surface area contributed by atoms with Crippen molar-refractivity contribution in [1.29, 1.82) is 0 Å². The number of phenols is 2. The summed E-state index contributed by atoms with van der Waals surface area (Å²) < 4.78 is 0. The molecule has 2 aromatic carbocycles. The van der Waals surface area contributed by atoms with Crippen LogP contribution in [0.15, 0.2) is 34.3 Å². The van der Waals surface area contributed by atoms with Gasteiger partial charge >= 0.3 is 0 Å². The van der Waals surface area contributed by atoms with Crippen LogP contribution in [-0.2, 0) is 0 Å². The molecule has 160 valence electrons. The molecule has 0 saturated heterocycles. The maximum atomic E-state index is 10.3. The van der Waals surface area contributed by atoms with Crippen LogP contribution in [0.25, 0.3) is 0 Å². The molecular weight excluding hydrogens is 466 g/mol. The van der Waals surface area contributed by atoms with E-state index in [0.717, 1.165) is 25.7 Å². The minimum atomic E-state index is -0.0670. The lowest BCUT2D eigenvalue weighted by molar-refractivity contribution is 0.388. The quantitative estimate of drug-likeness (QED) is 0.443. The number of hydrogen-bond acceptors (Lipinski definition) is 4. The topological polar surface area (TPSA) is 65.2 Å². The van der Waals surface area contributed by atoms with Gasteiger partial charge in [-0.15, -0.1) is 0 Å². The highest BCUT2D eigenvalue weighted by Crippen LogP contribution is 2.34.